The summed E-state index contributed by atoms with van der Waals surface area (Å²) in [6.07, 6.45) is 0. The number of aromatic carboxylic acids is 1. The molecule has 0 heterocycles. The average molecular weight is 476 g/mol. The number of carboxylic acid groups (broad SMARTS) is 1. The minimum atomic E-state index is -1.02. The third-order valence-corrected chi connectivity index (χ3v) is 5.25. The number of nitrogens with one attached hydrogen (secondary N) is 1. The van der Waals surface area contributed by atoms with E-state index in [-0.39, 0.29) is 12.2 Å². The first-order valence-corrected chi connectivity index (χ1v) is 10.6. The predicted molar refractivity (Wildman–Crippen MR) is 126 cm³/mol. The van der Waals surface area contributed by atoms with Crippen LogP contribution in [0.1, 0.15) is 28.4 Å². The molecule has 0 saturated heterocycles. The number of anilines is 1. The second kappa shape index (κ2) is 11.0. The Labute approximate surface area is 196 Å². The maximum Gasteiger partial charge on any atom is 0.335 e. The molecule has 3 aromatic carbocycles. The van der Waals surface area contributed by atoms with E-state index >= 15 is 0 Å². The molecular formula is C24H23Cl2NO5. The summed E-state index contributed by atoms with van der Waals surface area (Å²) >= 11 is 12.3. The van der Waals surface area contributed by atoms with Gasteiger partial charge in [-0.05, 0) is 43.3 Å². The van der Waals surface area contributed by atoms with Crippen LogP contribution >= 0.6 is 23.2 Å². The summed E-state index contributed by atoms with van der Waals surface area (Å²) in [7, 11) is 1.53. The highest BCUT2D eigenvalue weighted by molar-refractivity contribution is 6.35. The van der Waals surface area contributed by atoms with Crippen molar-refractivity contribution in [3.8, 4) is 17.2 Å². The van der Waals surface area contributed by atoms with Crippen molar-refractivity contribution in [3.63, 3.8) is 0 Å². The molecule has 0 amide bonds. The van der Waals surface area contributed by atoms with Gasteiger partial charge in [0.1, 0.15) is 12.4 Å². The number of hydrogen-bond acceptors (Lipinski definition) is 5. The van der Waals surface area contributed by atoms with E-state index in [1.807, 2.05) is 31.2 Å². The molecule has 0 bridgehead atoms. The zero-order valence-corrected chi connectivity index (χ0v) is 19.2. The Balaban J connectivity index is 1.86. The Kier molecular flexibility index (Phi) is 8.09. The van der Waals surface area contributed by atoms with Crippen LogP contribution in [0.3, 0.4) is 0 Å². The minimum absolute atomic E-state index is 0.158. The maximum absolute atomic E-state index is 11.3. The van der Waals surface area contributed by atoms with Gasteiger partial charge in [0.15, 0.2) is 11.5 Å². The maximum atomic E-state index is 11.3. The largest absolute Gasteiger partial charge is 0.495 e. The SMILES string of the molecule is CCOc1cccc(CNc2cc(C(=O)O)ccc2OC)c1OCc1ccc(Cl)cc1Cl. The van der Waals surface area contributed by atoms with Crippen LogP contribution < -0.4 is 19.5 Å². The number of para-hydroxylation sites is 1. The van der Waals surface area contributed by atoms with Gasteiger partial charge in [0.2, 0.25) is 0 Å². The zero-order valence-electron chi connectivity index (χ0n) is 17.7. The second-order valence-electron chi connectivity index (χ2n) is 6.78. The van der Waals surface area contributed by atoms with Crippen LogP contribution in [-0.4, -0.2) is 24.8 Å². The van der Waals surface area contributed by atoms with Gasteiger partial charge in [-0.2, -0.15) is 0 Å². The average Bonchev–Trinajstić information content (AvgIpc) is 2.78. The number of benzene rings is 3. The molecule has 0 aliphatic carbocycles. The molecule has 0 fully saturated rings. The molecule has 8 heteroatoms. The summed E-state index contributed by atoms with van der Waals surface area (Å²) < 4.78 is 17.2. The molecular weight excluding hydrogens is 453 g/mol. The van der Waals surface area contributed by atoms with Crippen molar-refractivity contribution in [2.24, 2.45) is 0 Å². The fourth-order valence-electron chi connectivity index (χ4n) is 3.09. The summed E-state index contributed by atoms with van der Waals surface area (Å²) in [6, 6.07) is 15.5. The van der Waals surface area contributed by atoms with Crippen molar-refractivity contribution in [3.05, 3.63) is 81.3 Å². The fraction of sp³-hybridized carbons (Fsp3) is 0.208. The van der Waals surface area contributed by atoms with Crippen molar-refractivity contribution < 1.29 is 24.1 Å². The van der Waals surface area contributed by atoms with E-state index in [1.165, 1.54) is 19.2 Å². The molecule has 3 aromatic rings. The molecule has 0 aromatic heterocycles. The molecule has 0 radical (unpaired) electrons. The number of carboxylic acids is 1. The van der Waals surface area contributed by atoms with Crippen LogP contribution in [0, 0.1) is 0 Å². The van der Waals surface area contributed by atoms with E-state index in [4.69, 9.17) is 37.4 Å². The predicted octanol–water partition coefficient (Wildman–Crippen LogP) is 6.29. The van der Waals surface area contributed by atoms with Crippen molar-refractivity contribution in [2.75, 3.05) is 19.0 Å². The monoisotopic (exact) mass is 475 g/mol. The summed E-state index contributed by atoms with van der Waals surface area (Å²) in [6.45, 7) is 2.95. The molecule has 3 rings (SSSR count). The van der Waals surface area contributed by atoms with Gasteiger partial charge in [-0.1, -0.05) is 41.4 Å². The lowest BCUT2D eigenvalue weighted by molar-refractivity contribution is 0.0697. The molecule has 168 valence electrons. The topological polar surface area (TPSA) is 77.0 Å². The van der Waals surface area contributed by atoms with Gasteiger partial charge in [0, 0.05) is 27.7 Å². The smallest absolute Gasteiger partial charge is 0.335 e. The second-order valence-corrected chi connectivity index (χ2v) is 7.62. The van der Waals surface area contributed by atoms with Crippen LogP contribution in [0.2, 0.25) is 10.0 Å². The number of rotatable bonds is 10. The Morgan fingerprint density at radius 2 is 1.81 bits per heavy atom. The van der Waals surface area contributed by atoms with Gasteiger partial charge in [0.25, 0.3) is 0 Å². The highest BCUT2D eigenvalue weighted by Crippen LogP contribution is 2.34. The van der Waals surface area contributed by atoms with Crippen LogP contribution in [0.4, 0.5) is 5.69 Å². The molecule has 0 unspecified atom stereocenters. The lowest BCUT2D eigenvalue weighted by Crippen LogP contribution is -2.08. The fourth-order valence-corrected chi connectivity index (χ4v) is 3.55. The van der Waals surface area contributed by atoms with Gasteiger partial charge in [0.05, 0.1) is 25.0 Å². The lowest BCUT2D eigenvalue weighted by atomic mass is 10.1. The Bertz CT molecular complexity index is 1100. The summed E-state index contributed by atoms with van der Waals surface area (Å²) in [5, 5.41) is 13.6. The van der Waals surface area contributed by atoms with Crippen LogP contribution in [-0.2, 0) is 13.2 Å². The molecule has 0 atom stereocenters. The molecule has 2 N–H and O–H groups in total. The van der Waals surface area contributed by atoms with Gasteiger partial charge in [-0.25, -0.2) is 4.79 Å². The zero-order chi connectivity index (χ0) is 23.1. The Morgan fingerprint density at radius 3 is 2.50 bits per heavy atom. The Hall–Kier alpha value is -3.09. The highest BCUT2D eigenvalue weighted by Gasteiger charge is 2.14. The Morgan fingerprint density at radius 1 is 1.00 bits per heavy atom. The van der Waals surface area contributed by atoms with Crippen molar-refractivity contribution in [2.45, 2.75) is 20.1 Å². The van der Waals surface area contributed by atoms with E-state index in [0.717, 1.165) is 11.1 Å². The van der Waals surface area contributed by atoms with E-state index in [2.05, 4.69) is 5.32 Å². The van der Waals surface area contributed by atoms with E-state index in [0.29, 0.717) is 46.1 Å². The summed E-state index contributed by atoms with van der Waals surface area (Å²) in [4.78, 5) is 11.3. The number of carbonyl (C=O) groups is 1. The highest BCUT2D eigenvalue weighted by atomic mass is 35.5. The molecule has 0 aliphatic rings. The molecule has 0 saturated carbocycles. The van der Waals surface area contributed by atoms with E-state index < -0.39 is 5.97 Å². The molecule has 0 spiro atoms. The van der Waals surface area contributed by atoms with Gasteiger partial charge in [-0.3, -0.25) is 0 Å². The third-order valence-electron chi connectivity index (χ3n) is 4.66. The summed E-state index contributed by atoms with van der Waals surface area (Å²) in [5.74, 6) is 0.689. The first-order valence-electron chi connectivity index (χ1n) is 9.89. The van der Waals surface area contributed by atoms with Crippen molar-refractivity contribution >= 4 is 34.9 Å². The van der Waals surface area contributed by atoms with Crippen LogP contribution in [0.15, 0.2) is 54.6 Å². The van der Waals surface area contributed by atoms with Crippen LogP contribution in [0.25, 0.3) is 0 Å². The quantitative estimate of drug-likeness (QED) is 0.358. The number of halogens is 2. The molecule has 32 heavy (non-hydrogen) atoms. The lowest BCUT2D eigenvalue weighted by Gasteiger charge is -2.18. The van der Waals surface area contributed by atoms with Crippen molar-refractivity contribution in [1.82, 2.24) is 0 Å². The number of ether oxygens (including phenoxy) is 3. The van der Waals surface area contributed by atoms with Gasteiger partial charge in [-0.15, -0.1) is 0 Å². The number of methoxy groups -OCH3 is 1. The first-order chi connectivity index (χ1) is 15.4. The third kappa shape index (κ3) is 5.78. The number of hydrogen-bond donors (Lipinski definition) is 2. The van der Waals surface area contributed by atoms with Crippen molar-refractivity contribution in [1.29, 1.82) is 0 Å². The summed E-state index contributed by atoms with van der Waals surface area (Å²) in [5.41, 5.74) is 2.33. The van der Waals surface area contributed by atoms with E-state index in [9.17, 15) is 9.90 Å². The van der Waals surface area contributed by atoms with Crippen LogP contribution in [0.5, 0.6) is 17.2 Å². The standard InChI is InChI=1S/C24H23Cl2NO5/c1-3-31-22-6-4-5-16(23(22)32-14-17-7-9-18(25)12-19(17)26)13-27-20-11-15(24(28)29)8-10-21(20)30-2/h4-12,27H,3,13-14H2,1-2H3,(H,28,29). The normalized spacial score (nSPS) is 10.5. The van der Waals surface area contributed by atoms with Gasteiger partial charge >= 0.3 is 5.97 Å². The molecule has 6 nitrogen and oxygen atoms in total. The first kappa shape index (κ1) is 23.6. The van der Waals surface area contributed by atoms with Gasteiger partial charge < -0.3 is 24.6 Å². The van der Waals surface area contributed by atoms with E-state index in [1.54, 1.807) is 18.2 Å². The molecule has 0 aliphatic heterocycles. The minimum Gasteiger partial charge on any atom is -0.495 e.